The molecule has 19 heavy (non-hydrogen) atoms. The summed E-state index contributed by atoms with van der Waals surface area (Å²) in [4.78, 5) is 11.6. The zero-order valence-corrected chi connectivity index (χ0v) is 13.1. The van der Waals surface area contributed by atoms with Crippen LogP contribution in [0.1, 0.15) is 0 Å². The number of hydrogen-bond acceptors (Lipinski definition) is 2. The first-order valence-electron chi connectivity index (χ1n) is 5.22. The Morgan fingerprint density at radius 3 is 2.53 bits per heavy atom. The fourth-order valence-corrected chi connectivity index (χ4v) is 2.39. The third-order valence-electron chi connectivity index (χ3n) is 2.58. The number of rotatable bonds is 1. The SMILES string of the molecule is Clc1cc(-c2nc3nc(Cl)c(Cl)cc3[nH]2)ccc1Br. The van der Waals surface area contributed by atoms with Gasteiger partial charge in [-0.05, 0) is 34.1 Å². The number of imidazole rings is 1. The van der Waals surface area contributed by atoms with E-state index in [4.69, 9.17) is 34.8 Å². The fraction of sp³-hybridized carbons (Fsp3) is 0. The number of nitrogens with one attached hydrogen (secondary N) is 1. The lowest BCUT2D eigenvalue weighted by Crippen LogP contribution is -1.81. The minimum atomic E-state index is 0.237. The zero-order valence-electron chi connectivity index (χ0n) is 9.22. The molecule has 0 aliphatic carbocycles. The van der Waals surface area contributed by atoms with Gasteiger partial charge in [-0.3, -0.25) is 0 Å². The third kappa shape index (κ3) is 2.46. The number of benzene rings is 1. The molecule has 0 aliphatic rings. The molecule has 3 rings (SSSR count). The number of fused-ring (bicyclic) bond motifs is 1. The van der Waals surface area contributed by atoms with E-state index in [0.29, 0.717) is 21.5 Å². The van der Waals surface area contributed by atoms with Crippen LogP contribution in [-0.4, -0.2) is 15.0 Å². The molecule has 0 saturated carbocycles. The second kappa shape index (κ2) is 4.94. The monoisotopic (exact) mass is 375 g/mol. The molecular weight excluding hydrogens is 372 g/mol. The highest BCUT2D eigenvalue weighted by Gasteiger charge is 2.10. The number of hydrogen-bond donors (Lipinski definition) is 1. The second-order valence-corrected chi connectivity index (χ2v) is 5.87. The fourth-order valence-electron chi connectivity index (χ4n) is 1.68. The summed E-state index contributed by atoms with van der Waals surface area (Å²) in [5.74, 6) is 0.662. The number of aromatic amines is 1. The van der Waals surface area contributed by atoms with Crippen LogP contribution >= 0.6 is 50.7 Å². The van der Waals surface area contributed by atoms with Gasteiger partial charge in [0.05, 0.1) is 15.6 Å². The van der Waals surface area contributed by atoms with Crippen LogP contribution in [0.5, 0.6) is 0 Å². The maximum absolute atomic E-state index is 6.07. The van der Waals surface area contributed by atoms with E-state index in [1.165, 1.54) is 0 Å². The molecule has 0 amide bonds. The number of aromatic nitrogens is 3. The average molecular weight is 377 g/mol. The molecule has 0 aliphatic heterocycles. The van der Waals surface area contributed by atoms with Crippen molar-refractivity contribution < 1.29 is 0 Å². The van der Waals surface area contributed by atoms with Crippen molar-refractivity contribution in [2.75, 3.05) is 0 Å². The van der Waals surface area contributed by atoms with Crippen molar-refractivity contribution in [3.05, 3.63) is 43.9 Å². The molecule has 7 heteroatoms. The first kappa shape index (κ1) is 13.2. The van der Waals surface area contributed by atoms with Crippen molar-refractivity contribution in [3.63, 3.8) is 0 Å². The van der Waals surface area contributed by atoms with Gasteiger partial charge in [-0.2, -0.15) is 0 Å². The molecule has 3 aromatic rings. The number of halogens is 4. The predicted molar refractivity (Wildman–Crippen MR) is 82.1 cm³/mol. The molecule has 3 nitrogen and oxygen atoms in total. The summed E-state index contributed by atoms with van der Waals surface area (Å²) >= 11 is 21.2. The van der Waals surface area contributed by atoms with Crippen molar-refractivity contribution in [1.82, 2.24) is 15.0 Å². The minimum Gasteiger partial charge on any atom is -0.337 e. The summed E-state index contributed by atoms with van der Waals surface area (Å²) in [6.07, 6.45) is 0. The van der Waals surface area contributed by atoms with Gasteiger partial charge in [0, 0.05) is 10.0 Å². The molecule has 0 fully saturated rings. The van der Waals surface area contributed by atoms with Crippen LogP contribution in [0.15, 0.2) is 28.7 Å². The minimum absolute atomic E-state index is 0.237. The van der Waals surface area contributed by atoms with E-state index in [1.54, 1.807) is 6.07 Å². The maximum atomic E-state index is 6.07. The Labute approximate surface area is 132 Å². The topological polar surface area (TPSA) is 41.6 Å². The highest BCUT2D eigenvalue weighted by Crippen LogP contribution is 2.29. The van der Waals surface area contributed by atoms with Gasteiger partial charge in [0.25, 0.3) is 0 Å². The van der Waals surface area contributed by atoms with E-state index in [-0.39, 0.29) is 5.15 Å². The third-order valence-corrected chi connectivity index (χ3v) is 4.48. The first-order chi connectivity index (χ1) is 9.04. The van der Waals surface area contributed by atoms with Crippen LogP contribution in [0, 0.1) is 0 Å². The van der Waals surface area contributed by atoms with E-state index >= 15 is 0 Å². The lowest BCUT2D eigenvalue weighted by Gasteiger charge is -1.99. The maximum Gasteiger partial charge on any atom is 0.179 e. The molecular formula is C12H5BrCl3N3. The van der Waals surface area contributed by atoms with E-state index in [2.05, 4.69) is 30.9 Å². The van der Waals surface area contributed by atoms with Gasteiger partial charge >= 0.3 is 0 Å². The number of pyridine rings is 1. The van der Waals surface area contributed by atoms with E-state index in [1.807, 2.05) is 18.2 Å². The van der Waals surface area contributed by atoms with Gasteiger partial charge < -0.3 is 4.98 Å². The lowest BCUT2D eigenvalue weighted by atomic mass is 10.2. The standard InChI is InChI=1S/C12H5BrCl3N3/c13-6-2-1-5(3-7(6)14)11-17-9-4-8(15)10(16)18-12(9)19-11/h1-4H,(H,17,18,19). The van der Waals surface area contributed by atoms with Crippen LogP contribution < -0.4 is 0 Å². The molecule has 96 valence electrons. The smallest absolute Gasteiger partial charge is 0.179 e. The van der Waals surface area contributed by atoms with Gasteiger partial charge in [0.2, 0.25) is 0 Å². The van der Waals surface area contributed by atoms with Crippen LogP contribution in [0.3, 0.4) is 0 Å². The van der Waals surface area contributed by atoms with E-state index in [0.717, 1.165) is 15.6 Å². The molecule has 1 N–H and O–H groups in total. The zero-order chi connectivity index (χ0) is 13.6. The second-order valence-electron chi connectivity index (χ2n) is 3.85. The summed E-state index contributed by atoms with van der Waals surface area (Å²) < 4.78 is 0.832. The molecule has 0 bridgehead atoms. The molecule has 2 aromatic heterocycles. The Balaban J connectivity index is 2.17. The Morgan fingerprint density at radius 2 is 1.79 bits per heavy atom. The van der Waals surface area contributed by atoms with Crippen LogP contribution in [0.25, 0.3) is 22.6 Å². The van der Waals surface area contributed by atoms with Gasteiger partial charge in [-0.1, -0.05) is 40.9 Å². The van der Waals surface area contributed by atoms with Crippen LogP contribution in [-0.2, 0) is 0 Å². The summed E-state index contributed by atoms with van der Waals surface area (Å²) in [6.45, 7) is 0. The largest absolute Gasteiger partial charge is 0.337 e. The Bertz CT molecular complexity index is 746. The lowest BCUT2D eigenvalue weighted by molar-refractivity contribution is 1.30. The van der Waals surface area contributed by atoms with Gasteiger partial charge in [0.15, 0.2) is 5.65 Å². The van der Waals surface area contributed by atoms with Crippen LogP contribution in [0.4, 0.5) is 0 Å². The molecule has 0 atom stereocenters. The normalized spacial score (nSPS) is 11.2. The Hall–Kier alpha value is -0.810. The number of nitrogens with zero attached hydrogens (tertiary/aromatic N) is 2. The molecule has 0 unspecified atom stereocenters. The van der Waals surface area contributed by atoms with Crippen molar-refractivity contribution >= 4 is 61.9 Å². The van der Waals surface area contributed by atoms with Gasteiger partial charge in [-0.25, -0.2) is 9.97 Å². The average Bonchev–Trinajstić information content (AvgIpc) is 2.76. The Kier molecular flexibility index (Phi) is 3.43. The molecule has 0 spiro atoms. The Morgan fingerprint density at radius 1 is 1.00 bits per heavy atom. The molecule has 1 aromatic carbocycles. The highest BCUT2D eigenvalue weighted by atomic mass is 79.9. The van der Waals surface area contributed by atoms with Crippen molar-refractivity contribution in [1.29, 1.82) is 0 Å². The molecule has 2 heterocycles. The van der Waals surface area contributed by atoms with Crippen LogP contribution in [0.2, 0.25) is 15.2 Å². The quantitative estimate of drug-likeness (QED) is 0.581. The number of H-pyrrole nitrogens is 1. The highest BCUT2D eigenvalue weighted by molar-refractivity contribution is 9.10. The van der Waals surface area contributed by atoms with Crippen molar-refractivity contribution in [2.45, 2.75) is 0 Å². The summed E-state index contributed by atoms with van der Waals surface area (Å²) in [7, 11) is 0. The first-order valence-corrected chi connectivity index (χ1v) is 7.14. The molecule has 0 saturated heterocycles. The van der Waals surface area contributed by atoms with Gasteiger partial charge in [0.1, 0.15) is 11.0 Å². The van der Waals surface area contributed by atoms with E-state index < -0.39 is 0 Å². The predicted octanol–water partition coefficient (Wildman–Crippen LogP) is 5.35. The van der Waals surface area contributed by atoms with E-state index in [9.17, 15) is 0 Å². The van der Waals surface area contributed by atoms with Crippen molar-refractivity contribution in [3.8, 4) is 11.4 Å². The van der Waals surface area contributed by atoms with Gasteiger partial charge in [-0.15, -0.1) is 0 Å². The summed E-state index contributed by atoms with van der Waals surface area (Å²) in [6, 6.07) is 7.27. The summed E-state index contributed by atoms with van der Waals surface area (Å²) in [5, 5.41) is 1.24. The van der Waals surface area contributed by atoms with Crippen molar-refractivity contribution in [2.24, 2.45) is 0 Å². The summed E-state index contributed by atoms with van der Waals surface area (Å²) in [5.41, 5.74) is 2.10. The molecule has 0 radical (unpaired) electrons.